The number of morpholine rings is 1. The summed E-state index contributed by atoms with van der Waals surface area (Å²) >= 11 is 0. The monoisotopic (exact) mass is 398 g/mol. The highest BCUT2D eigenvalue weighted by Crippen LogP contribution is 2.27. The fourth-order valence-electron chi connectivity index (χ4n) is 3.48. The predicted molar refractivity (Wildman–Crippen MR) is 99.5 cm³/mol. The number of amides is 1. The van der Waals surface area contributed by atoms with E-state index in [-0.39, 0.29) is 10.8 Å². The summed E-state index contributed by atoms with van der Waals surface area (Å²) in [4.78, 5) is 15.5. The molecule has 0 bridgehead atoms. The second kappa shape index (κ2) is 8.55. The minimum Gasteiger partial charge on any atom is -0.495 e. The Bertz CT molecular complexity index is 769. The Morgan fingerprint density at radius 3 is 2.48 bits per heavy atom. The SMILES string of the molecule is COc1ccc(C)cc1S(=O)(=O)N1CC[NH+](CC(=O)N2CCOCC2)CC1. The molecule has 1 N–H and O–H groups in total. The van der Waals surface area contributed by atoms with Gasteiger partial charge in [0.1, 0.15) is 10.6 Å². The molecule has 150 valence electrons. The number of nitrogens with one attached hydrogen (secondary N) is 1. The molecule has 3 rings (SSSR count). The fraction of sp³-hybridized carbons (Fsp3) is 0.611. The van der Waals surface area contributed by atoms with E-state index in [9.17, 15) is 13.2 Å². The second-order valence-electron chi connectivity index (χ2n) is 6.98. The van der Waals surface area contributed by atoms with Crippen molar-refractivity contribution in [2.75, 3.05) is 66.1 Å². The maximum atomic E-state index is 13.0. The molecule has 0 aromatic heterocycles. The van der Waals surface area contributed by atoms with Crippen LogP contribution in [0.3, 0.4) is 0 Å². The number of carbonyl (C=O) groups is 1. The number of methoxy groups -OCH3 is 1. The maximum Gasteiger partial charge on any atom is 0.277 e. The van der Waals surface area contributed by atoms with E-state index in [2.05, 4.69) is 0 Å². The zero-order valence-electron chi connectivity index (χ0n) is 15.9. The van der Waals surface area contributed by atoms with Gasteiger partial charge in [-0.2, -0.15) is 4.31 Å². The van der Waals surface area contributed by atoms with Crippen molar-refractivity contribution in [2.24, 2.45) is 0 Å². The number of aryl methyl sites for hydroxylation is 1. The van der Waals surface area contributed by atoms with Gasteiger partial charge in [0, 0.05) is 13.1 Å². The van der Waals surface area contributed by atoms with Gasteiger partial charge in [-0.25, -0.2) is 8.42 Å². The molecule has 0 spiro atoms. The Morgan fingerprint density at radius 1 is 1.19 bits per heavy atom. The highest BCUT2D eigenvalue weighted by Gasteiger charge is 2.33. The number of sulfonamides is 1. The maximum absolute atomic E-state index is 13.0. The average Bonchev–Trinajstić information content (AvgIpc) is 2.69. The van der Waals surface area contributed by atoms with Crippen LogP contribution in [-0.2, 0) is 19.6 Å². The summed E-state index contributed by atoms with van der Waals surface area (Å²) in [6.07, 6.45) is 0. The molecule has 1 aromatic carbocycles. The number of rotatable bonds is 5. The van der Waals surface area contributed by atoms with E-state index in [0.29, 0.717) is 64.8 Å². The van der Waals surface area contributed by atoms with Crippen molar-refractivity contribution in [2.45, 2.75) is 11.8 Å². The molecule has 2 fully saturated rings. The standard InChI is InChI=1S/C18H27N3O5S/c1-15-3-4-16(25-2)17(13-15)27(23,24)21-7-5-19(6-8-21)14-18(22)20-9-11-26-12-10-20/h3-4,13H,5-12,14H2,1-2H3/p+1. The van der Waals surface area contributed by atoms with E-state index >= 15 is 0 Å². The predicted octanol–water partition coefficient (Wildman–Crippen LogP) is -1.25. The first-order valence-corrected chi connectivity index (χ1v) is 10.7. The van der Waals surface area contributed by atoms with Crippen LogP contribution >= 0.6 is 0 Å². The molecule has 27 heavy (non-hydrogen) atoms. The van der Waals surface area contributed by atoms with E-state index in [1.807, 2.05) is 17.9 Å². The lowest BCUT2D eigenvalue weighted by molar-refractivity contribution is -0.896. The number of quaternary nitrogens is 1. The zero-order chi connectivity index (χ0) is 19.4. The van der Waals surface area contributed by atoms with E-state index in [1.165, 1.54) is 11.4 Å². The van der Waals surface area contributed by atoms with E-state index in [4.69, 9.17) is 9.47 Å². The van der Waals surface area contributed by atoms with Crippen LogP contribution in [0.1, 0.15) is 5.56 Å². The topological polar surface area (TPSA) is 80.6 Å². The lowest BCUT2D eigenvalue weighted by Crippen LogP contribution is -3.15. The molecule has 2 heterocycles. The van der Waals surface area contributed by atoms with Gasteiger partial charge in [-0.15, -0.1) is 0 Å². The van der Waals surface area contributed by atoms with Gasteiger partial charge < -0.3 is 19.3 Å². The largest absolute Gasteiger partial charge is 0.495 e. The zero-order valence-corrected chi connectivity index (χ0v) is 16.8. The molecular formula is C18H28N3O5S+. The van der Waals surface area contributed by atoms with Crippen molar-refractivity contribution in [1.82, 2.24) is 9.21 Å². The minimum absolute atomic E-state index is 0.116. The van der Waals surface area contributed by atoms with Gasteiger partial charge >= 0.3 is 0 Å². The van der Waals surface area contributed by atoms with E-state index in [0.717, 1.165) is 10.5 Å². The first kappa shape index (κ1) is 20.1. The van der Waals surface area contributed by atoms with Crippen LogP contribution in [0.5, 0.6) is 5.75 Å². The first-order chi connectivity index (χ1) is 12.9. The molecule has 9 heteroatoms. The van der Waals surface area contributed by atoms with Gasteiger partial charge in [0.15, 0.2) is 6.54 Å². The molecule has 0 saturated carbocycles. The normalized spacial score (nSPS) is 19.9. The molecule has 1 amide bonds. The number of nitrogens with zero attached hydrogens (tertiary/aromatic N) is 2. The molecule has 0 unspecified atom stereocenters. The summed E-state index contributed by atoms with van der Waals surface area (Å²) in [5.74, 6) is 0.475. The van der Waals surface area contributed by atoms with Crippen molar-refractivity contribution < 1.29 is 27.6 Å². The molecule has 0 aliphatic carbocycles. The molecular weight excluding hydrogens is 370 g/mol. The summed E-state index contributed by atoms with van der Waals surface area (Å²) in [5.41, 5.74) is 0.870. The molecule has 0 atom stereocenters. The quantitative estimate of drug-likeness (QED) is 0.671. The third-order valence-corrected chi connectivity index (χ3v) is 7.05. The van der Waals surface area contributed by atoms with Crippen molar-refractivity contribution in [3.05, 3.63) is 23.8 Å². The average molecular weight is 399 g/mol. The van der Waals surface area contributed by atoms with Crippen molar-refractivity contribution >= 4 is 15.9 Å². The number of benzene rings is 1. The summed E-state index contributed by atoms with van der Waals surface area (Å²) in [5, 5.41) is 0. The second-order valence-corrected chi connectivity index (χ2v) is 8.88. The Balaban J connectivity index is 1.61. The van der Waals surface area contributed by atoms with Crippen molar-refractivity contribution in [3.63, 3.8) is 0 Å². The first-order valence-electron chi connectivity index (χ1n) is 9.25. The van der Waals surface area contributed by atoms with Crippen LogP contribution < -0.4 is 9.64 Å². The minimum atomic E-state index is -3.62. The van der Waals surface area contributed by atoms with Gasteiger partial charge in [0.05, 0.1) is 46.5 Å². The summed E-state index contributed by atoms with van der Waals surface area (Å²) in [6, 6.07) is 5.16. The van der Waals surface area contributed by atoms with Gasteiger partial charge in [-0.05, 0) is 24.6 Å². The molecule has 8 nitrogen and oxygen atoms in total. The Labute approximate surface area is 160 Å². The lowest BCUT2D eigenvalue weighted by Gasteiger charge is -2.33. The van der Waals surface area contributed by atoms with E-state index in [1.54, 1.807) is 12.1 Å². The number of carbonyl (C=O) groups excluding carboxylic acids is 1. The molecule has 2 aliphatic rings. The van der Waals surface area contributed by atoms with Gasteiger partial charge in [0.2, 0.25) is 10.0 Å². The Kier molecular flexibility index (Phi) is 6.36. The summed E-state index contributed by atoms with van der Waals surface area (Å²) in [7, 11) is -2.14. The number of ether oxygens (including phenoxy) is 2. The van der Waals surface area contributed by atoms with Gasteiger partial charge in [0.25, 0.3) is 5.91 Å². The van der Waals surface area contributed by atoms with Gasteiger partial charge in [-0.3, -0.25) is 4.79 Å². The molecule has 2 saturated heterocycles. The van der Waals surface area contributed by atoms with Crippen molar-refractivity contribution in [3.8, 4) is 5.75 Å². The smallest absolute Gasteiger partial charge is 0.277 e. The fourth-order valence-corrected chi connectivity index (χ4v) is 5.16. The highest BCUT2D eigenvalue weighted by atomic mass is 32.2. The summed E-state index contributed by atoms with van der Waals surface area (Å²) in [6.45, 7) is 6.74. The third kappa shape index (κ3) is 4.60. The van der Waals surface area contributed by atoms with Crippen LogP contribution in [0.15, 0.2) is 23.1 Å². The molecule has 0 radical (unpaired) electrons. The van der Waals surface area contributed by atoms with Crippen LogP contribution in [0.25, 0.3) is 0 Å². The highest BCUT2D eigenvalue weighted by molar-refractivity contribution is 7.89. The number of hydrogen-bond donors (Lipinski definition) is 1. The summed E-state index contributed by atoms with van der Waals surface area (Å²) < 4.78 is 38.1. The Morgan fingerprint density at radius 2 is 1.85 bits per heavy atom. The molecule has 1 aromatic rings. The number of piperazine rings is 1. The molecule has 2 aliphatic heterocycles. The van der Waals surface area contributed by atoms with Crippen LogP contribution in [0.2, 0.25) is 0 Å². The van der Waals surface area contributed by atoms with Crippen molar-refractivity contribution in [1.29, 1.82) is 0 Å². The van der Waals surface area contributed by atoms with Gasteiger partial charge in [-0.1, -0.05) is 6.07 Å². The van der Waals surface area contributed by atoms with Crippen LogP contribution in [0.4, 0.5) is 0 Å². The Hall–Kier alpha value is -1.68. The van der Waals surface area contributed by atoms with E-state index < -0.39 is 10.0 Å². The lowest BCUT2D eigenvalue weighted by atomic mass is 10.2. The number of hydrogen-bond acceptors (Lipinski definition) is 5. The van der Waals surface area contributed by atoms with Crippen LogP contribution in [0, 0.1) is 6.92 Å². The van der Waals surface area contributed by atoms with Crippen LogP contribution in [-0.4, -0.2) is 89.7 Å². The third-order valence-electron chi connectivity index (χ3n) is 5.13.